The van der Waals surface area contributed by atoms with Gasteiger partial charge in [-0.15, -0.1) is 0 Å². The van der Waals surface area contributed by atoms with Crippen LogP contribution in [-0.4, -0.2) is 42.8 Å². The third kappa shape index (κ3) is 2.97. The second-order valence-electron chi connectivity index (χ2n) is 6.65. The van der Waals surface area contributed by atoms with E-state index >= 15 is 0 Å². The van der Waals surface area contributed by atoms with Crippen molar-refractivity contribution in [3.63, 3.8) is 0 Å². The molecule has 2 saturated carbocycles. The number of hydrogen-bond acceptors (Lipinski definition) is 4. The normalized spacial score (nSPS) is 29.5. The van der Waals surface area contributed by atoms with E-state index in [0.717, 1.165) is 32.2 Å². The molecule has 3 N–H and O–H groups in total. The van der Waals surface area contributed by atoms with Crippen molar-refractivity contribution in [1.82, 2.24) is 10.3 Å². The zero-order valence-electron chi connectivity index (χ0n) is 12.1. The summed E-state index contributed by atoms with van der Waals surface area (Å²) in [5.41, 5.74) is 3.50. The molecule has 0 aromatic carbocycles. The van der Waals surface area contributed by atoms with E-state index in [1.807, 2.05) is 0 Å². The average Bonchev–Trinajstić information content (AvgIpc) is 3.16. The lowest BCUT2D eigenvalue weighted by Crippen LogP contribution is -2.63. The Morgan fingerprint density at radius 1 is 1.21 bits per heavy atom. The van der Waals surface area contributed by atoms with Gasteiger partial charge >= 0.3 is 0 Å². The first-order chi connectivity index (χ1) is 9.35. The second-order valence-corrected chi connectivity index (χ2v) is 6.65. The Balaban J connectivity index is 1.68. The molecule has 0 aromatic rings. The van der Waals surface area contributed by atoms with Gasteiger partial charge in [-0.3, -0.25) is 16.2 Å². The van der Waals surface area contributed by atoms with Crippen LogP contribution in [0.25, 0.3) is 0 Å². The minimum Gasteiger partial charge on any atom is -0.379 e. The molecule has 4 nitrogen and oxygen atoms in total. The zero-order chi connectivity index (χ0) is 13.1. The number of nitrogens with two attached hydrogens (primary N) is 1. The minimum atomic E-state index is 0.313. The molecular weight excluding hydrogens is 238 g/mol. The molecule has 2 aliphatic carbocycles. The maximum Gasteiger partial charge on any atom is 0.0594 e. The third-order valence-corrected chi connectivity index (χ3v) is 5.52. The van der Waals surface area contributed by atoms with Crippen LogP contribution in [0.4, 0.5) is 0 Å². The van der Waals surface area contributed by atoms with Crippen LogP contribution >= 0.6 is 0 Å². The predicted octanol–water partition coefficient (Wildman–Crippen LogP) is 1.65. The first-order valence-corrected chi connectivity index (χ1v) is 8.14. The number of hydrogen-bond donors (Lipinski definition) is 2. The van der Waals surface area contributed by atoms with Crippen LogP contribution in [0.1, 0.15) is 51.4 Å². The van der Waals surface area contributed by atoms with Crippen molar-refractivity contribution < 1.29 is 4.74 Å². The SMILES string of the molecule is NNC(CCC1CC1)C1(N2CCOCC2)CCCC1. The third-order valence-electron chi connectivity index (χ3n) is 5.52. The van der Waals surface area contributed by atoms with E-state index < -0.39 is 0 Å². The number of hydrazine groups is 1. The first kappa shape index (κ1) is 13.8. The smallest absolute Gasteiger partial charge is 0.0594 e. The van der Waals surface area contributed by atoms with Crippen molar-refractivity contribution in [2.75, 3.05) is 26.3 Å². The fraction of sp³-hybridized carbons (Fsp3) is 1.00. The van der Waals surface area contributed by atoms with E-state index in [1.54, 1.807) is 0 Å². The molecule has 110 valence electrons. The van der Waals surface area contributed by atoms with E-state index in [0.29, 0.717) is 11.6 Å². The molecule has 0 spiro atoms. The summed E-state index contributed by atoms with van der Waals surface area (Å²) in [6.45, 7) is 3.95. The van der Waals surface area contributed by atoms with E-state index in [9.17, 15) is 0 Å². The van der Waals surface area contributed by atoms with Crippen molar-refractivity contribution >= 4 is 0 Å². The minimum absolute atomic E-state index is 0.313. The molecule has 0 bridgehead atoms. The van der Waals surface area contributed by atoms with Gasteiger partial charge in [0.15, 0.2) is 0 Å². The Labute approximate surface area is 117 Å². The molecule has 4 heteroatoms. The van der Waals surface area contributed by atoms with E-state index in [-0.39, 0.29) is 0 Å². The van der Waals surface area contributed by atoms with Crippen LogP contribution in [0.2, 0.25) is 0 Å². The molecule has 0 amide bonds. The lowest BCUT2D eigenvalue weighted by molar-refractivity contribution is -0.0373. The van der Waals surface area contributed by atoms with Crippen LogP contribution in [0.15, 0.2) is 0 Å². The van der Waals surface area contributed by atoms with Gasteiger partial charge in [-0.1, -0.05) is 25.7 Å². The Bertz CT molecular complexity index is 281. The van der Waals surface area contributed by atoms with Crippen LogP contribution in [0.5, 0.6) is 0 Å². The molecule has 19 heavy (non-hydrogen) atoms. The lowest BCUT2D eigenvalue weighted by Gasteiger charge is -2.48. The highest BCUT2D eigenvalue weighted by molar-refractivity contribution is 5.03. The topological polar surface area (TPSA) is 50.5 Å². The molecule has 1 saturated heterocycles. The molecule has 3 aliphatic rings. The molecule has 1 unspecified atom stereocenters. The molecule has 3 fully saturated rings. The summed E-state index contributed by atoms with van der Waals surface area (Å²) in [7, 11) is 0. The van der Waals surface area contributed by atoms with Crippen LogP contribution in [0.3, 0.4) is 0 Å². The van der Waals surface area contributed by atoms with Crippen molar-refractivity contribution in [3.8, 4) is 0 Å². The largest absolute Gasteiger partial charge is 0.379 e. The molecule has 1 aliphatic heterocycles. The predicted molar refractivity (Wildman–Crippen MR) is 76.7 cm³/mol. The van der Waals surface area contributed by atoms with Crippen LogP contribution in [-0.2, 0) is 4.74 Å². The van der Waals surface area contributed by atoms with Gasteiger partial charge in [-0.2, -0.15) is 0 Å². The summed E-state index contributed by atoms with van der Waals surface area (Å²) in [6, 6.07) is 0.466. The maximum absolute atomic E-state index is 5.94. The average molecular weight is 267 g/mol. The summed E-state index contributed by atoms with van der Waals surface area (Å²) in [6.07, 6.45) is 10.8. The van der Waals surface area contributed by atoms with Gasteiger partial charge in [-0.25, -0.2) is 0 Å². The molecule has 1 heterocycles. The molecule has 0 aromatic heterocycles. The Hall–Kier alpha value is -0.160. The van der Waals surface area contributed by atoms with Gasteiger partial charge < -0.3 is 4.74 Å². The van der Waals surface area contributed by atoms with Gasteiger partial charge in [0.2, 0.25) is 0 Å². The first-order valence-electron chi connectivity index (χ1n) is 8.14. The van der Waals surface area contributed by atoms with Gasteiger partial charge in [-0.05, 0) is 31.6 Å². The summed E-state index contributed by atoms with van der Waals surface area (Å²) >= 11 is 0. The van der Waals surface area contributed by atoms with E-state index in [1.165, 1.54) is 51.4 Å². The summed E-state index contributed by atoms with van der Waals surface area (Å²) in [4.78, 5) is 2.68. The highest BCUT2D eigenvalue weighted by Crippen LogP contribution is 2.42. The number of rotatable bonds is 6. The van der Waals surface area contributed by atoms with Crippen molar-refractivity contribution in [2.45, 2.75) is 62.9 Å². The summed E-state index contributed by atoms with van der Waals surface area (Å²) in [5.74, 6) is 6.94. The lowest BCUT2D eigenvalue weighted by atomic mass is 9.83. The number of ether oxygens (including phenoxy) is 1. The zero-order valence-corrected chi connectivity index (χ0v) is 12.1. The molecule has 3 rings (SSSR count). The highest BCUT2D eigenvalue weighted by Gasteiger charge is 2.46. The van der Waals surface area contributed by atoms with Gasteiger partial charge in [0.1, 0.15) is 0 Å². The fourth-order valence-electron chi connectivity index (χ4n) is 4.20. The van der Waals surface area contributed by atoms with Crippen molar-refractivity contribution in [3.05, 3.63) is 0 Å². The second kappa shape index (κ2) is 6.08. The van der Waals surface area contributed by atoms with E-state index in [2.05, 4.69) is 10.3 Å². The highest BCUT2D eigenvalue weighted by atomic mass is 16.5. The molecule has 0 radical (unpaired) electrons. The van der Waals surface area contributed by atoms with Gasteiger partial charge in [0, 0.05) is 24.7 Å². The maximum atomic E-state index is 5.94. The molecule has 1 atom stereocenters. The fourth-order valence-corrected chi connectivity index (χ4v) is 4.20. The Kier molecular flexibility index (Phi) is 4.42. The van der Waals surface area contributed by atoms with E-state index in [4.69, 9.17) is 10.6 Å². The van der Waals surface area contributed by atoms with Gasteiger partial charge in [0.05, 0.1) is 13.2 Å². The monoisotopic (exact) mass is 267 g/mol. The van der Waals surface area contributed by atoms with Crippen molar-refractivity contribution in [2.24, 2.45) is 11.8 Å². The summed E-state index contributed by atoms with van der Waals surface area (Å²) in [5, 5.41) is 0. The quantitative estimate of drug-likeness (QED) is 0.567. The molecular formula is C15H29N3O. The Morgan fingerprint density at radius 3 is 2.47 bits per heavy atom. The summed E-state index contributed by atoms with van der Waals surface area (Å²) < 4.78 is 5.53. The van der Waals surface area contributed by atoms with Crippen LogP contribution in [0, 0.1) is 5.92 Å². The number of nitrogens with one attached hydrogen (secondary N) is 1. The van der Waals surface area contributed by atoms with Crippen LogP contribution < -0.4 is 11.3 Å². The number of nitrogens with zero attached hydrogens (tertiary/aromatic N) is 1. The number of morpholine rings is 1. The van der Waals surface area contributed by atoms with Crippen molar-refractivity contribution in [1.29, 1.82) is 0 Å². The Morgan fingerprint density at radius 2 is 1.89 bits per heavy atom. The van der Waals surface area contributed by atoms with Gasteiger partial charge in [0.25, 0.3) is 0 Å². The standard InChI is InChI=1S/C15H29N3O/c16-17-14(6-5-13-3-4-13)15(7-1-2-8-15)18-9-11-19-12-10-18/h13-14,17H,1-12,16H2.